The van der Waals surface area contributed by atoms with Crippen molar-refractivity contribution in [2.45, 2.75) is 52.1 Å². The lowest BCUT2D eigenvalue weighted by Crippen LogP contribution is -2.41. The van der Waals surface area contributed by atoms with Gasteiger partial charge in [-0.05, 0) is 26.3 Å². The number of rotatable bonds is 7. The highest BCUT2D eigenvalue weighted by Gasteiger charge is 2.22. The molecule has 1 aromatic rings. The molecule has 1 rings (SSSR count). The van der Waals surface area contributed by atoms with Crippen molar-refractivity contribution in [1.82, 2.24) is 9.88 Å². The number of halogens is 1. The molecule has 112 valence electrons. The fourth-order valence-corrected chi connectivity index (χ4v) is 2.16. The molecule has 0 radical (unpaired) electrons. The van der Waals surface area contributed by atoms with Gasteiger partial charge in [0.25, 0.3) is 5.91 Å². The lowest BCUT2D eigenvalue weighted by Gasteiger charge is -2.16. The van der Waals surface area contributed by atoms with Crippen LogP contribution in [0, 0.1) is 0 Å². The van der Waals surface area contributed by atoms with Crippen LogP contribution < -0.4 is 5.32 Å². The van der Waals surface area contributed by atoms with Gasteiger partial charge >= 0.3 is 5.97 Å². The largest absolute Gasteiger partial charge is 0.480 e. The average Bonchev–Trinajstić information content (AvgIpc) is 2.76. The van der Waals surface area contributed by atoms with Gasteiger partial charge < -0.3 is 15.0 Å². The molecule has 0 spiro atoms. The Morgan fingerprint density at radius 2 is 2.10 bits per heavy atom. The first kappa shape index (κ1) is 16.6. The van der Waals surface area contributed by atoms with Crippen LogP contribution in [-0.2, 0) is 4.79 Å². The average molecular weight is 301 g/mol. The number of carbonyl (C=O) groups is 2. The summed E-state index contributed by atoms with van der Waals surface area (Å²) in [6, 6.07) is 0.759. The summed E-state index contributed by atoms with van der Waals surface area (Å²) in [7, 11) is 0. The molecule has 1 aromatic heterocycles. The Balaban J connectivity index is 2.86. The van der Waals surface area contributed by atoms with E-state index in [1.807, 2.05) is 20.8 Å². The van der Waals surface area contributed by atoms with Gasteiger partial charge in [0.15, 0.2) is 0 Å². The molecular weight excluding hydrogens is 280 g/mol. The maximum atomic E-state index is 12.2. The fraction of sp³-hybridized carbons (Fsp3) is 0.571. The van der Waals surface area contributed by atoms with Crippen molar-refractivity contribution >= 4 is 23.5 Å². The first-order chi connectivity index (χ1) is 9.36. The van der Waals surface area contributed by atoms with Crippen LogP contribution in [0.25, 0.3) is 0 Å². The molecule has 0 aliphatic heterocycles. The lowest BCUT2D eigenvalue weighted by molar-refractivity contribution is -0.139. The van der Waals surface area contributed by atoms with Crippen molar-refractivity contribution in [2.24, 2.45) is 0 Å². The third kappa shape index (κ3) is 4.27. The number of nitrogens with zero attached hydrogens (tertiary/aromatic N) is 1. The first-order valence-electron chi connectivity index (χ1n) is 6.77. The second kappa shape index (κ2) is 7.33. The SMILES string of the molecule is CCCC[C@H](NC(=O)c1cc(Cl)cn1C(C)C)C(=O)O. The second-order valence-corrected chi connectivity index (χ2v) is 5.49. The summed E-state index contributed by atoms with van der Waals surface area (Å²) in [4.78, 5) is 23.4. The quantitative estimate of drug-likeness (QED) is 0.813. The Morgan fingerprint density at radius 1 is 1.45 bits per heavy atom. The summed E-state index contributed by atoms with van der Waals surface area (Å²) in [5, 5.41) is 12.2. The zero-order valence-corrected chi connectivity index (χ0v) is 12.8. The van der Waals surface area contributed by atoms with Gasteiger partial charge in [-0.25, -0.2) is 4.79 Å². The molecule has 0 saturated carbocycles. The molecule has 0 fully saturated rings. The molecular formula is C14H21ClN2O3. The number of aliphatic carboxylic acids is 1. The standard InChI is InChI=1S/C14H21ClN2O3/c1-4-5-6-11(14(19)20)16-13(18)12-7-10(15)8-17(12)9(2)3/h7-9,11H,4-6H2,1-3H3,(H,16,18)(H,19,20)/t11-/m0/s1. The second-order valence-electron chi connectivity index (χ2n) is 5.05. The number of carbonyl (C=O) groups excluding carboxylic acids is 1. The van der Waals surface area contributed by atoms with Gasteiger partial charge in [-0.3, -0.25) is 4.79 Å². The van der Waals surface area contributed by atoms with Crippen LogP contribution in [0.2, 0.25) is 5.02 Å². The molecule has 0 aromatic carbocycles. The number of hydrogen-bond donors (Lipinski definition) is 2. The highest BCUT2D eigenvalue weighted by molar-refractivity contribution is 6.31. The van der Waals surface area contributed by atoms with Gasteiger partial charge in [-0.2, -0.15) is 0 Å². The van der Waals surface area contributed by atoms with Crippen molar-refractivity contribution in [3.8, 4) is 0 Å². The van der Waals surface area contributed by atoms with E-state index in [4.69, 9.17) is 16.7 Å². The monoisotopic (exact) mass is 300 g/mol. The summed E-state index contributed by atoms with van der Waals surface area (Å²) in [6.07, 6.45) is 3.73. The number of aromatic nitrogens is 1. The van der Waals surface area contributed by atoms with Crippen LogP contribution in [0.5, 0.6) is 0 Å². The van der Waals surface area contributed by atoms with E-state index in [0.29, 0.717) is 17.1 Å². The van der Waals surface area contributed by atoms with E-state index in [1.165, 1.54) is 0 Å². The Morgan fingerprint density at radius 3 is 2.60 bits per heavy atom. The van der Waals surface area contributed by atoms with Crippen LogP contribution in [-0.4, -0.2) is 27.6 Å². The van der Waals surface area contributed by atoms with E-state index >= 15 is 0 Å². The van der Waals surface area contributed by atoms with E-state index in [-0.39, 0.29) is 6.04 Å². The summed E-state index contributed by atoms with van der Waals surface area (Å²) in [5.41, 5.74) is 0.382. The minimum Gasteiger partial charge on any atom is -0.480 e. The van der Waals surface area contributed by atoms with E-state index in [1.54, 1.807) is 16.8 Å². The summed E-state index contributed by atoms with van der Waals surface area (Å²) in [5.74, 6) is -1.42. The van der Waals surface area contributed by atoms with Gasteiger partial charge in [-0.15, -0.1) is 0 Å². The van der Waals surface area contributed by atoms with Gasteiger partial charge in [0, 0.05) is 12.2 Å². The van der Waals surface area contributed by atoms with Crippen molar-refractivity contribution in [3.63, 3.8) is 0 Å². The predicted molar refractivity (Wildman–Crippen MR) is 78.2 cm³/mol. The Hall–Kier alpha value is -1.49. The van der Waals surface area contributed by atoms with Crippen molar-refractivity contribution in [1.29, 1.82) is 0 Å². The third-order valence-corrected chi connectivity index (χ3v) is 3.26. The summed E-state index contributed by atoms with van der Waals surface area (Å²) < 4.78 is 1.73. The van der Waals surface area contributed by atoms with Crippen molar-refractivity contribution in [3.05, 3.63) is 23.0 Å². The molecule has 0 bridgehead atoms. The third-order valence-electron chi connectivity index (χ3n) is 3.05. The molecule has 2 N–H and O–H groups in total. The van der Waals surface area contributed by atoms with Gasteiger partial charge in [0.1, 0.15) is 11.7 Å². The van der Waals surface area contributed by atoms with Crippen LogP contribution in [0.15, 0.2) is 12.3 Å². The van der Waals surface area contributed by atoms with E-state index < -0.39 is 17.9 Å². The van der Waals surface area contributed by atoms with Crippen LogP contribution in [0.1, 0.15) is 56.6 Å². The number of carboxylic acids is 1. The molecule has 6 heteroatoms. The number of hydrogen-bond acceptors (Lipinski definition) is 2. The number of amides is 1. The first-order valence-corrected chi connectivity index (χ1v) is 7.15. The molecule has 1 amide bonds. The minimum absolute atomic E-state index is 0.0715. The molecule has 20 heavy (non-hydrogen) atoms. The zero-order valence-electron chi connectivity index (χ0n) is 12.0. The predicted octanol–water partition coefficient (Wildman–Crippen LogP) is 3.10. The van der Waals surface area contributed by atoms with Crippen molar-refractivity contribution < 1.29 is 14.7 Å². The highest BCUT2D eigenvalue weighted by Crippen LogP contribution is 2.19. The lowest BCUT2D eigenvalue weighted by atomic mass is 10.1. The minimum atomic E-state index is -1.01. The molecule has 5 nitrogen and oxygen atoms in total. The molecule has 0 aliphatic carbocycles. The number of carboxylic acid groups (broad SMARTS) is 1. The van der Waals surface area contributed by atoms with Crippen LogP contribution in [0.4, 0.5) is 0 Å². The van der Waals surface area contributed by atoms with Gasteiger partial charge in [0.05, 0.1) is 5.02 Å². The van der Waals surface area contributed by atoms with Crippen LogP contribution in [0.3, 0.4) is 0 Å². The summed E-state index contributed by atoms with van der Waals surface area (Å²) >= 11 is 5.92. The maximum absolute atomic E-state index is 12.2. The molecule has 0 aliphatic rings. The van der Waals surface area contributed by atoms with Gasteiger partial charge in [0.2, 0.25) is 0 Å². The fourth-order valence-electron chi connectivity index (χ4n) is 1.95. The Labute approximate surface area is 123 Å². The molecule has 0 unspecified atom stereocenters. The number of nitrogens with one attached hydrogen (secondary N) is 1. The molecule has 0 saturated heterocycles. The zero-order chi connectivity index (χ0) is 15.3. The maximum Gasteiger partial charge on any atom is 0.326 e. The van der Waals surface area contributed by atoms with E-state index in [9.17, 15) is 9.59 Å². The smallest absolute Gasteiger partial charge is 0.326 e. The van der Waals surface area contributed by atoms with E-state index in [2.05, 4.69) is 5.32 Å². The van der Waals surface area contributed by atoms with Crippen LogP contribution >= 0.6 is 11.6 Å². The normalized spacial score (nSPS) is 12.4. The molecule has 1 atom stereocenters. The Kier molecular flexibility index (Phi) is 6.07. The highest BCUT2D eigenvalue weighted by atomic mass is 35.5. The number of unbranched alkanes of at least 4 members (excludes halogenated alkanes) is 1. The Bertz CT molecular complexity index is 483. The topological polar surface area (TPSA) is 71.3 Å². The summed E-state index contributed by atoms with van der Waals surface area (Å²) in [6.45, 7) is 5.84. The van der Waals surface area contributed by atoms with E-state index in [0.717, 1.165) is 12.8 Å². The van der Waals surface area contributed by atoms with Gasteiger partial charge in [-0.1, -0.05) is 31.4 Å². The molecule has 1 heterocycles. The van der Waals surface area contributed by atoms with Crippen molar-refractivity contribution in [2.75, 3.05) is 0 Å².